The van der Waals surface area contributed by atoms with Crippen molar-refractivity contribution in [2.45, 2.75) is 19.9 Å². The summed E-state index contributed by atoms with van der Waals surface area (Å²) in [5, 5.41) is 13.5. The maximum atomic E-state index is 11.0. The molecule has 0 aliphatic carbocycles. The molecule has 0 rings (SSSR count). The minimum absolute atomic E-state index is 0.147. The van der Waals surface area contributed by atoms with E-state index >= 15 is 0 Å². The zero-order valence-corrected chi connectivity index (χ0v) is 10.5. The van der Waals surface area contributed by atoms with Gasteiger partial charge in [-0.05, 0) is 6.92 Å². The quantitative estimate of drug-likeness (QED) is 0.442. The monoisotopic (exact) mass is 264 g/mol. The molecular weight excluding hydrogens is 248 g/mol. The Morgan fingerprint density at radius 2 is 2.06 bits per heavy atom. The van der Waals surface area contributed by atoms with E-state index in [4.69, 9.17) is 5.11 Å². The molecule has 0 aromatic carbocycles. The van der Waals surface area contributed by atoms with Crippen molar-refractivity contribution in [1.29, 1.82) is 0 Å². The van der Waals surface area contributed by atoms with Gasteiger partial charge in [0.15, 0.2) is 0 Å². The Hall–Kier alpha value is -1.44. The van der Waals surface area contributed by atoms with Crippen LogP contribution in [0.4, 0.5) is 4.79 Å². The van der Waals surface area contributed by atoms with Crippen LogP contribution in [0.15, 0.2) is 0 Å². The predicted molar refractivity (Wildman–Crippen MR) is 62.7 cm³/mol. The van der Waals surface area contributed by atoms with Gasteiger partial charge in [0.2, 0.25) is 5.91 Å². The van der Waals surface area contributed by atoms with Gasteiger partial charge in [0, 0.05) is 12.7 Å². The van der Waals surface area contributed by atoms with Gasteiger partial charge in [-0.2, -0.15) is 0 Å². The van der Waals surface area contributed by atoms with E-state index in [-0.39, 0.29) is 18.3 Å². The maximum absolute atomic E-state index is 11.0. The van der Waals surface area contributed by atoms with E-state index in [1.807, 2.05) is 0 Å². The Bertz CT molecular complexity index is 285. The first-order valence-corrected chi connectivity index (χ1v) is 6.11. The number of ether oxygens (including phenoxy) is 1. The number of carboxylic acids is 1. The fourth-order valence-corrected chi connectivity index (χ4v) is 1.70. The van der Waals surface area contributed by atoms with Crippen molar-refractivity contribution in [2.75, 3.05) is 18.2 Å². The minimum Gasteiger partial charge on any atom is -0.480 e. The second-order valence-electron chi connectivity index (χ2n) is 3.00. The molecule has 0 saturated carbocycles. The third-order valence-electron chi connectivity index (χ3n) is 1.57. The molecule has 0 bridgehead atoms. The number of thioether (sulfide) groups is 1. The first-order valence-electron chi connectivity index (χ1n) is 4.95. The largest absolute Gasteiger partial charge is 0.480 e. The number of carboxylic acid groups (broad SMARTS) is 1. The second kappa shape index (κ2) is 8.68. The molecule has 98 valence electrons. The molecule has 1 atom stereocenters. The molecule has 0 spiro atoms. The molecule has 0 aliphatic heterocycles. The molecule has 0 aromatic rings. The van der Waals surface area contributed by atoms with E-state index in [2.05, 4.69) is 15.4 Å². The standard InChI is InChI=1S/C9H16N2O5S/c1-3-16-9(15)11-7(8(13)14)4-17-5-10-6(2)12/h7H,3-5H2,1-2H3,(H,10,12)(H,11,15)(H,13,14). The molecule has 8 heteroatoms. The smallest absolute Gasteiger partial charge is 0.407 e. The van der Waals surface area contributed by atoms with E-state index in [9.17, 15) is 14.4 Å². The van der Waals surface area contributed by atoms with E-state index in [1.165, 1.54) is 18.7 Å². The van der Waals surface area contributed by atoms with Crippen LogP contribution in [0.25, 0.3) is 0 Å². The van der Waals surface area contributed by atoms with Crippen molar-refractivity contribution >= 4 is 29.7 Å². The van der Waals surface area contributed by atoms with Crippen molar-refractivity contribution in [3.63, 3.8) is 0 Å². The van der Waals surface area contributed by atoms with Gasteiger partial charge in [0.25, 0.3) is 0 Å². The molecule has 2 amide bonds. The molecule has 3 N–H and O–H groups in total. The summed E-state index contributed by atoms with van der Waals surface area (Å²) >= 11 is 1.20. The van der Waals surface area contributed by atoms with Crippen LogP contribution in [0, 0.1) is 0 Å². The molecule has 0 saturated heterocycles. The van der Waals surface area contributed by atoms with Crippen LogP contribution in [-0.4, -0.2) is 47.4 Å². The van der Waals surface area contributed by atoms with Crippen LogP contribution >= 0.6 is 11.8 Å². The third kappa shape index (κ3) is 8.38. The van der Waals surface area contributed by atoms with Crippen LogP contribution in [0.2, 0.25) is 0 Å². The number of rotatable bonds is 7. The molecule has 17 heavy (non-hydrogen) atoms. The van der Waals surface area contributed by atoms with Crippen LogP contribution in [0.3, 0.4) is 0 Å². The highest BCUT2D eigenvalue weighted by atomic mass is 32.2. The van der Waals surface area contributed by atoms with Crippen LogP contribution in [0.5, 0.6) is 0 Å². The lowest BCUT2D eigenvalue weighted by Crippen LogP contribution is -2.43. The molecule has 0 aliphatic rings. The summed E-state index contributed by atoms with van der Waals surface area (Å²) in [6, 6.07) is -1.03. The first-order chi connectivity index (χ1) is 7.97. The summed E-state index contributed by atoms with van der Waals surface area (Å²) in [7, 11) is 0. The van der Waals surface area contributed by atoms with Crippen molar-refractivity contribution < 1.29 is 24.2 Å². The fraction of sp³-hybridized carbons (Fsp3) is 0.667. The summed E-state index contributed by atoms with van der Waals surface area (Å²) in [5.74, 6) is -0.894. The highest BCUT2D eigenvalue weighted by Crippen LogP contribution is 2.01. The molecule has 1 unspecified atom stereocenters. The van der Waals surface area contributed by atoms with Gasteiger partial charge in [0.1, 0.15) is 6.04 Å². The highest BCUT2D eigenvalue weighted by molar-refractivity contribution is 7.99. The van der Waals surface area contributed by atoms with Gasteiger partial charge < -0.3 is 20.5 Å². The lowest BCUT2D eigenvalue weighted by Gasteiger charge is -2.13. The highest BCUT2D eigenvalue weighted by Gasteiger charge is 2.20. The van der Waals surface area contributed by atoms with Crippen LogP contribution in [-0.2, 0) is 14.3 Å². The van der Waals surface area contributed by atoms with Crippen LogP contribution < -0.4 is 10.6 Å². The Morgan fingerprint density at radius 1 is 1.41 bits per heavy atom. The van der Waals surface area contributed by atoms with Crippen molar-refractivity contribution in [1.82, 2.24) is 10.6 Å². The van der Waals surface area contributed by atoms with Gasteiger partial charge in [-0.25, -0.2) is 9.59 Å². The second-order valence-corrected chi connectivity index (χ2v) is 4.03. The van der Waals surface area contributed by atoms with E-state index in [1.54, 1.807) is 6.92 Å². The van der Waals surface area contributed by atoms with Gasteiger partial charge in [-0.3, -0.25) is 4.79 Å². The number of carbonyl (C=O) groups excluding carboxylic acids is 2. The first kappa shape index (κ1) is 15.6. The molecule has 7 nitrogen and oxygen atoms in total. The molecule has 0 aromatic heterocycles. The van der Waals surface area contributed by atoms with Crippen molar-refractivity contribution in [3.8, 4) is 0 Å². The normalized spacial score (nSPS) is 11.4. The van der Waals surface area contributed by atoms with E-state index in [0.29, 0.717) is 5.88 Å². The van der Waals surface area contributed by atoms with Gasteiger partial charge in [-0.1, -0.05) is 0 Å². The average molecular weight is 264 g/mol. The van der Waals surface area contributed by atoms with Crippen molar-refractivity contribution in [3.05, 3.63) is 0 Å². The number of alkyl carbamates (subject to hydrolysis) is 1. The number of amides is 2. The Labute approximate surface area is 103 Å². The van der Waals surface area contributed by atoms with Crippen LogP contribution in [0.1, 0.15) is 13.8 Å². The van der Waals surface area contributed by atoms with Gasteiger partial charge in [-0.15, -0.1) is 11.8 Å². The molecule has 0 radical (unpaired) electrons. The number of hydrogen-bond donors (Lipinski definition) is 3. The van der Waals surface area contributed by atoms with E-state index < -0.39 is 18.1 Å². The molecule has 0 heterocycles. The number of hydrogen-bond acceptors (Lipinski definition) is 5. The number of carbonyl (C=O) groups is 3. The SMILES string of the molecule is CCOC(=O)NC(CSCNC(C)=O)C(=O)O. The fourth-order valence-electron chi connectivity index (χ4n) is 0.819. The maximum Gasteiger partial charge on any atom is 0.407 e. The summed E-state index contributed by atoms with van der Waals surface area (Å²) in [6.45, 7) is 3.17. The molecule has 0 fully saturated rings. The number of nitrogens with one attached hydrogen (secondary N) is 2. The summed E-state index contributed by atoms with van der Waals surface area (Å²) in [6.07, 6.45) is -0.764. The predicted octanol–water partition coefficient (Wildman–Crippen LogP) is 0.0125. The summed E-state index contributed by atoms with van der Waals surface area (Å²) < 4.78 is 4.57. The lowest BCUT2D eigenvalue weighted by molar-refractivity contribution is -0.138. The Balaban J connectivity index is 3.95. The number of aliphatic carboxylic acids is 1. The lowest BCUT2D eigenvalue weighted by atomic mass is 10.3. The van der Waals surface area contributed by atoms with Crippen molar-refractivity contribution in [2.24, 2.45) is 0 Å². The van der Waals surface area contributed by atoms with Gasteiger partial charge >= 0.3 is 12.1 Å². The zero-order valence-electron chi connectivity index (χ0n) is 9.69. The third-order valence-corrected chi connectivity index (χ3v) is 2.49. The topological polar surface area (TPSA) is 105 Å². The minimum atomic E-state index is -1.15. The Kier molecular flexibility index (Phi) is 7.95. The summed E-state index contributed by atoms with van der Waals surface area (Å²) in [4.78, 5) is 32.4. The average Bonchev–Trinajstić information content (AvgIpc) is 2.22. The molecular formula is C9H16N2O5S. The summed E-state index contributed by atoms with van der Waals surface area (Å²) in [5.41, 5.74) is 0. The van der Waals surface area contributed by atoms with E-state index in [0.717, 1.165) is 0 Å². The Morgan fingerprint density at radius 3 is 2.53 bits per heavy atom. The zero-order chi connectivity index (χ0) is 13.3. The van der Waals surface area contributed by atoms with Gasteiger partial charge in [0.05, 0.1) is 12.5 Å².